The number of fused-ring (bicyclic) bond motifs is 3. The molecule has 9 heteroatoms. The quantitative estimate of drug-likeness (QED) is 0.445. The molecule has 0 radical (unpaired) electrons. The summed E-state index contributed by atoms with van der Waals surface area (Å²) in [6, 6.07) is 7.92. The Bertz CT molecular complexity index is 1400. The number of amides is 1. The third-order valence-electron chi connectivity index (χ3n) is 6.09. The first-order chi connectivity index (χ1) is 16.1. The van der Waals surface area contributed by atoms with Gasteiger partial charge in [0.1, 0.15) is 5.75 Å². The van der Waals surface area contributed by atoms with Crippen molar-refractivity contribution < 1.29 is 14.1 Å². The van der Waals surface area contributed by atoms with E-state index in [1.807, 2.05) is 24.3 Å². The lowest BCUT2D eigenvalue weighted by atomic mass is 9.99. The smallest absolute Gasteiger partial charge is 0.217 e. The van der Waals surface area contributed by atoms with Gasteiger partial charge in [-0.15, -0.1) is 11.3 Å². The van der Waals surface area contributed by atoms with Gasteiger partial charge < -0.3 is 19.9 Å². The number of benzene rings is 1. The molecule has 0 saturated heterocycles. The average Bonchev–Trinajstić information content (AvgIpc) is 3.52. The zero-order valence-electron chi connectivity index (χ0n) is 17.9. The van der Waals surface area contributed by atoms with E-state index in [4.69, 9.17) is 20.9 Å². The van der Waals surface area contributed by atoms with Crippen LogP contribution in [0.1, 0.15) is 40.5 Å². The number of ether oxygens (including phenoxy) is 1. The number of nitrogens with zero attached hydrogens (tertiary/aromatic N) is 2. The highest BCUT2D eigenvalue weighted by atomic mass is 35.5. The second kappa shape index (κ2) is 8.13. The minimum absolute atomic E-state index is 0.0578. The Morgan fingerprint density at radius 1 is 1.33 bits per heavy atom. The van der Waals surface area contributed by atoms with E-state index >= 15 is 0 Å². The fourth-order valence-corrected chi connectivity index (χ4v) is 5.91. The third kappa shape index (κ3) is 3.68. The molecule has 2 N–H and O–H groups in total. The Balaban J connectivity index is 1.40. The van der Waals surface area contributed by atoms with Gasteiger partial charge in [-0.1, -0.05) is 16.8 Å². The molecular weight excluding hydrogens is 460 g/mol. The van der Waals surface area contributed by atoms with Crippen LogP contribution in [0.3, 0.4) is 0 Å². The number of rotatable bonds is 4. The highest BCUT2D eigenvalue weighted by Crippen LogP contribution is 2.48. The molecule has 0 aliphatic carbocycles. The molecule has 3 aromatic heterocycles. The van der Waals surface area contributed by atoms with Gasteiger partial charge in [0.25, 0.3) is 0 Å². The monoisotopic (exact) mass is 480 g/mol. The Kier molecular flexibility index (Phi) is 5.09. The second-order valence-corrected chi connectivity index (χ2v) is 9.92. The first-order valence-electron chi connectivity index (χ1n) is 10.9. The van der Waals surface area contributed by atoms with Gasteiger partial charge >= 0.3 is 0 Å². The molecule has 1 amide bonds. The normalized spacial score (nSPS) is 17.0. The van der Waals surface area contributed by atoms with Gasteiger partial charge in [0.05, 0.1) is 22.5 Å². The average molecular weight is 481 g/mol. The maximum atomic E-state index is 11.3. The van der Waals surface area contributed by atoms with Crippen molar-refractivity contribution in [2.24, 2.45) is 0 Å². The summed E-state index contributed by atoms with van der Waals surface area (Å²) < 4.78 is 13.3. The second-order valence-electron chi connectivity index (χ2n) is 8.35. The number of carbonyl (C=O) groups is 1. The van der Waals surface area contributed by atoms with Crippen molar-refractivity contribution >= 4 is 39.1 Å². The summed E-state index contributed by atoms with van der Waals surface area (Å²) >= 11 is 8.16. The van der Waals surface area contributed by atoms with Crippen LogP contribution in [0.2, 0.25) is 5.02 Å². The number of hydrogen-bond acceptors (Lipinski definition) is 7. The molecule has 4 aromatic rings. The van der Waals surface area contributed by atoms with E-state index in [0.717, 1.165) is 74.1 Å². The third-order valence-corrected chi connectivity index (χ3v) is 7.47. The van der Waals surface area contributed by atoms with Crippen molar-refractivity contribution in [2.45, 2.75) is 39.0 Å². The van der Waals surface area contributed by atoms with E-state index in [2.05, 4.69) is 20.8 Å². The van der Waals surface area contributed by atoms with Crippen LogP contribution in [0.15, 0.2) is 35.0 Å². The van der Waals surface area contributed by atoms with Crippen molar-refractivity contribution in [1.82, 2.24) is 20.8 Å². The van der Waals surface area contributed by atoms with Gasteiger partial charge in [-0.05, 0) is 24.3 Å². The number of nitrogens with one attached hydrogen (secondary N) is 2. The molecule has 0 unspecified atom stereocenters. The Morgan fingerprint density at radius 3 is 3.12 bits per heavy atom. The van der Waals surface area contributed by atoms with Gasteiger partial charge in [-0.3, -0.25) is 9.78 Å². The van der Waals surface area contributed by atoms with Crippen LogP contribution in [0, 0.1) is 0 Å². The SMILES string of the molecule is CC(=O)NCc1cc2nccc(-c3cc(Cl)cc4c3O[C@@H](c3onc5c3CNCC5)C4)c2s1. The number of halogens is 1. The maximum Gasteiger partial charge on any atom is 0.217 e. The van der Waals surface area contributed by atoms with Crippen molar-refractivity contribution in [3.05, 3.63) is 62.9 Å². The zero-order chi connectivity index (χ0) is 22.5. The van der Waals surface area contributed by atoms with E-state index in [0.29, 0.717) is 18.0 Å². The van der Waals surface area contributed by atoms with Crippen LogP contribution >= 0.6 is 22.9 Å². The predicted octanol–water partition coefficient (Wildman–Crippen LogP) is 4.56. The van der Waals surface area contributed by atoms with Crippen LogP contribution in [0.25, 0.3) is 21.3 Å². The Labute approximate surface area is 199 Å². The molecule has 2 aliphatic rings. The molecule has 1 aromatic carbocycles. The van der Waals surface area contributed by atoms with E-state index < -0.39 is 0 Å². The summed E-state index contributed by atoms with van der Waals surface area (Å²) in [7, 11) is 0. The molecule has 1 atom stereocenters. The fraction of sp³-hybridized carbons (Fsp3) is 0.292. The first kappa shape index (κ1) is 20.7. The van der Waals surface area contributed by atoms with E-state index in [1.54, 1.807) is 17.5 Å². The largest absolute Gasteiger partial charge is 0.481 e. The molecule has 0 saturated carbocycles. The number of aromatic nitrogens is 2. The van der Waals surface area contributed by atoms with Crippen LogP contribution in [0.4, 0.5) is 0 Å². The number of carbonyl (C=O) groups excluding carboxylic acids is 1. The van der Waals surface area contributed by atoms with E-state index in [-0.39, 0.29) is 12.0 Å². The van der Waals surface area contributed by atoms with Gasteiger partial charge in [-0.2, -0.15) is 0 Å². The molecule has 168 valence electrons. The standard InChI is InChI=1S/C24H21ClN4O3S/c1-12(30)28-10-15-9-20-24(33-15)16(2-5-27-20)17-8-14(25)6-13-7-21(31-22(13)17)23-18-11-26-4-3-19(18)29-32-23/h2,5-6,8-9,21,26H,3-4,7,10-11H2,1H3,(H,28,30)/t21-/m1/s1. The molecular formula is C24H21ClN4O3S. The molecule has 7 nitrogen and oxygen atoms in total. The minimum Gasteiger partial charge on any atom is -0.481 e. The van der Waals surface area contributed by atoms with Gasteiger partial charge in [0, 0.05) is 71.2 Å². The molecule has 6 rings (SSSR count). The summed E-state index contributed by atoms with van der Waals surface area (Å²) in [4.78, 5) is 16.9. The molecule has 33 heavy (non-hydrogen) atoms. The molecule has 0 bridgehead atoms. The van der Waals surface area contributed by atoms with Crippen molar-refractivity contribution in [3.63, 3.8) is 0 Å². The van der Waals surface area contributed by atoms with Crippen molar-refractivity contribution in [2.75, 3.05) is 6.54 Å². The zero-order valence-corrected chi connectivity index (χ0v) is 19.5. The summed E-state index contributed by atoms with van der Waals surface area (Å²) in [6.07, 6.45) is 3.11. The Morgan fingerprint density at radius 2 is 2.24 bits per heavy atom. The van der Waals surface area contributed by atoms with E-state index in [9.17, 15) is 4.79 Å². The van der Waals surface area contributed by atoms with Crippen LogP contribution in [0.5, 0.6) is 5.75 Å². The lowest BCUT2D eigenvalue weighted by molar-refractivity contribution is -0.119. The van der Waals surface area contributed by atoms with Gasteiger partial charge in [0.15, 0.2) is 11.9 Å². The predicted molar refractivity (Wildman–Crippen MR) is 127 cm³/mol. The van der Waals surface area contributed by atoms with Crippen LogP contribution in [-0.2, 0) is 30.7 Å². The van der Waals surface area contributed by atoms with Gasteiger partial charge in [-0.25, -0.2) is 0 Å². The first-order valence-corrected chi connectivity index (χ1v) is 12.1. The Hall–Kier alpha value is -2.94. The molecule has 0 spiro atoms. The highest BCUT2D eigenvalue weighted by molar-refractivity contribution is 7.19. The number of hydrogen-bond donors (Lipinski definition) is 2. The topological polar surface area (TPSA) is 89.3 Å². The maximum absolute atomic E-state index is 11.3. The summed E-state index contributed by atoms with van der Waals surface area (Å²) in [5.74, 6) is 1.56. The minimum atomic E-state index is -0.232. The summed E-state index contributed by atoms with van der Waals surface area (Å²) in [6.45, 7) is 3.65. The lowest BCUT2D eigenvalue weighted by Gasteiger charge is -2.15. The van der Waals surface area contributed by atoms with Crippen molar-refractivity contribution in [1.29, 1.82) is 0 Å². The van der Waals surface area contributed by atoms with Crippen LogP contribution in [-0.4, -0.2) is 22.6 Å². The number of pyridine rings is 1. The lowest BCUT2D eigenvalue weighted by Crippen LogP contribution is -2.24. The molecule has 0 fully saturated rings. The molecule has 2 aliphatic heterocycles. The number of thiophene rings is 1. The van der Waals surface area contributed by atoms with Gasteiger partial charge in [0.2, 0.25) is 5.91 Å². The molecule has 5 heterocycles. The van der Waals surface area contributed by atoms with Crippen molar-refractivity contribution in [3.8, 4) is 16.9 Å². The van der Waals surface area contributed by atoms with Crippen LogP contribution < -0.4 is 15.4 Å². The summed E-state index contributed by atoms with van der Waals surface area (Å²) in [5, 5.41) is 11.2. The summed E-state index contributed by atoms with van der Waals surface area (Å²) in [5.41, 5.74) is 6.01. The fourth-order valence-electron chi connectivity index (χ4n) is 4.58. The van der Waals surface area contributed by atoms with E-state index in [1.165, 1.54) is 6.92 Å². The highest BCUT2D eigenvalue weighted by Gasteiger charge is 2.34.